The summed E-state index contributed by atoms with van der Waals surface area (Å²) in [5, 5.41) is 4.23. The fraction of sp³-hybridized carbons (Fsp3) is 0.909. The van der Waals surface area contributed by atoms with Gasteiger partial charge in [-0.3, -0.25) is 9.59 Å². The number of hydrogen-bond donors (Lipinski definition) is 0. The maximum Gasteiger partial charge on any atom is 0.306 e. The second kappa shape index (κ2) is 66.2. The molecule has 0 heterocycles. The third-order valence-corrected chi connectivity index (χ3v) is 16.6. The van der Waals surface area contributed by atoms with Gasteiger partial charge in [0.2, 0.25) is 0 Å². The average molecular weight is 1050 g/mol. The Kier molecular flexibility index (Phi) is 65.4. The molecule has 0 aliphatic rings. The van der Waals surface area contributed by atoms with Crippen LogP contribution in [0.25, 0.3) is 0 Å². The maximum atomic E-state index is 12.0. The van der Waals surface area contributed by atoms with Crippen molar-refractivity contribution in [2.75, 3.05) is 24.7 Å². The predicted molar refractivity (Wildman–Crippen MR) is 326 cm³/mol. The van der Waals surface area contributed by atoms with Crippen LogP contribution >= 0.6 is 23.5 Å². The highest BCUT2D eigenvalue weighted by Gasteiger charge is 2.04. The summed E-state index contributed by atoms with van der Waals surface area (Å²) in [7, 11) is 0. The number of carbonyl (C=O) groups excluding carboxylic acids is 2. The van der Waals surface area contributed by atoms with Gasteiger partial charge in [-0.25, -0.2) is 0 Å². The lowest BCUT2D eigenvalue weighted by molar-refractivity contribution is -0.143. The van der Waals surface area contributed by atoms with E-state index in [1.54, 1.807) is 0 Å². The first-order valence-corrected chi connectivity index (χ1v) is 34.6. The van der Waals surface area contributed by atoms with Gasteiger partial charge in [-0.05, 0) is 60.2 Å². The van der Waals surface area contributed by atoms with Crippen molar-refractivity contribution < 1.29 is 19.1 Å². The van der Waals surface area contributed by atoms with E-state index < -0.39 is 0 Å². The number of rotatable bonds is 63. The second-order valence-corrected chi connectivity index (χ2v) is 24.1. The Morgan fingerprint density at radius 2 is 0.444 bits per heavy atom. The van der Waals surface area contributed by atoms with E-state index in [-0.39, 0.29) is 11.9 Å². The zero-order chi connectivity index (χ0) is 51.8. The summed E-state index contributed by atoms with van der Waals surface area (Å²) < 4.78 is 10.8. The highest BCUT2D eigenvalue weighted by atomic mass is 32.2. The Bertz CT molecular complexity index is 1010. The Balaban J connectivity index is 3.20. The highest BCUT2D eigenvalue weighted by molar-refractivity contribution is 8.02. The van der Waals surface area contributed by atoms with Gasteiger partial charge in [-0.2, -0.15) is 0 Å². The van der Waals surface area contributed by atoms with Crippen LogP contribution in [0.3, 0.4) is 0 Å². The van der Waals surface area contributed by atoms with E-state index in [1.807, 2.05) is 35.7 Å². The van der Waals surface area contributed by atoms with Crippen molar-refractivity contribution in [2.45, 2.75) is 361 Å². The van der Waals surface area contributed by atoms with Gasteiger partial charge in [0, 0.05) is 12.8 Å². The first kappa shape index (κ1) is 71.1. The van der Waals surface area contributed by atoms with Crippen LogP contribution in [0, 0.1) is 0 Å². The summed E-state index contributed by atoms with van der Waals surface area (Å²) in [6, 6.07) is 0. The third-order valence-electron chi connectivity index (χ3n) is 14.8. The zero-order valence-corrected chi connectivity index (χ0v) is 50.4. The van der Waals surface area contributed by atoms with Crippen LogP contribution in [-0.2, 0) is 19.1 Å². The van der Waals surface area contributed by atoms with E-state index in [1.165, 1.54) is 320 Å². The Morgan fingerprint density at radius 3 is 0.653 bits per heavy atom. The smallest absolute Gasteiger partial charge is 0.306 e. The third kappa shape index (κ3) is 65.2. The molecule has 426 valence electrons. The van der Waals surface area contributed by atoms with E-state index in [0.717, 1.165) is 25.7 Å². The Morgan fingerprint density at radius 1 is 0.264 bits per heavy atom. The highest BCUT2D eigenvalue weighted by Crippen LogP contribution is 2.19. The Hall–Kier alpha value is -0.880. The molecule has 0 aliphatic heterocycles. The maximum absolute atomic E-state index is 12.0. The number of ether oxygens (including phenoxy) is 2. The molecule has 0 saturated carbocycles. The van der Waals surface area contributed by atoms with E-state index in [9.17, 15) is 9.59 Å². The minimum Gasteiger partial charge on any atom is -0.461 e. The summed E-state index contributed by atoms with van der Waals surface area (Å²) in [5.74, 6) is 2.29. The van der Waals surface area contributed by atoms with Gasteiger partial charge in [0.25, 0.3) is 0 Å². The molecule has 0 spiro atoms. The molecule has 0 rings (SSSR count). The molecule has 0 saturated heterocycles. The van der Waals surface area contributed by atoms with Gasteiger partial charge < -0.3 is 9.47 Å². The topological polar surface area (TPSA) is 52.6 Å². The molecule has 0 aliphatic carbocycles. The molecule has 72 heavy (non-hydrogen) atoms. The molecule has 6 heteroatoms. The summed E-state index contributed by atoms with van der Waals surface area (Å²) in [6.45, 7) is 5.43. The van der Waals surface area contributed by atoms with Crippen molar-refractivity contribution >= 4 is 35.5 Å². The molecule has 0 atom stereocenters. The van der Waals surface area contributed by atoms with Crippen LogP contribution in [0.2, 0.25) is 0 Å². The lowest BCUT2D eigenvalue weighted by atomic mass is 10.0. The zero-order valence-electron chi connectivity index (χ0n) is 48.8. The lowest BCUT2D eigenvalue weighted by Crippen LogP contribution is -2.03. The first-order chi connectivity index (χ1) is 35.7. The largest absolute Gasteiger partial charge is 0.461 e. The SMILES string of the molecule is CCCCCCCCCCCCS/C=C/COC(=O)CCCCCCCCCCCCCCCCCCCCCCCCCCCCCCCCCCC(=O)OC/C=C/SCCCCCCCCCCCC. The van der Waals surface area contributed by atoms with Crippen LogP contribution in [0.5, 0.6) is 0 Å². The van der Waals surface area contributed by atoms with E-state index in [2.05, 4.69) is 24.7 Å². The molecule has 0 bridgehead atoms. The predicted octanol–water partition coefficient (Wildman–Crippen LogP) is 23.7. The van der Waals surface area contributed by atoms with E-state index in [4.69, 9.17) is 9.47 Å². The molecule has 0 aromatic rings. The van der Waals surface area contributed by atoms with Crippen LogP contribution < -0.4 is 0 Å². The number of esters is 2. The number of thioether (sulfide) groups is 2. The molecule has 0 aromatic carbocycles. The van der Waals surface area contributed by atoms with Crippen LogP contribution in [0.15, 0.2) is 23.0 Å². The monoisotopic (exact) mass is 1050 g/mol. The molecule has 0 unspecified atom stereocenters. The molecular weight excluding hydrogens is 921 g/mol. The summed E-state index contributed by atoms with van der Waals surface area (Å²) in [4.78, 5) is 24.1. The van der Waals surface area contributed by atoms with Gasteiger partial charge in [-0.15, -0.1) is 23.5 Å². The van der Waals surface area contributed by atoms with Crippen molar-refractivity contribution in [1.29, 1.82) is 0 Å². The van der Waals surface area contributed by atoms with Crippen LogP contribution in [-0.4, -0.2) is 36.7 Å². The van der Waals surface area contributed by atoms with Crippen LogP contribution in [0.1, 0.15) is 361 Å². The molecular formula is C66H126O4S2. The van der Waals surface area contributed by atoms with Gasteiger partial charge in [0.15, 0.2) is 0 Å². The Labute approximate surface area is 460 Å². The normalized spacial score (nSPS) is 11.8. The second-order valence-electron chi connectivity index (χ2n) is 22.0. The molecule has 0 aromatic heterocycles. The fourth-order valence-corrected chi connectivity index (χ4v) is 11.4. The van der Waals surface area contributed by atoms with Crippen LogP contribution in [0.4, 0.5) is 0 Å². The van der Waals surface area contributed by atoms with Gasteiger partial charge in [-0.1, -0.05) is 322 Å². The number of hydrogen-bond acceptors (Lipinski definition) is 6. The average Bonchev–Trinajstić information content (AvgIpc) is 3.38. The minimum absolute atomic E-state index is 0.0324. The van der Waals surface area contributed by atoms with Crippen molar-refractivity contribution in [1.82, 2.24) is 0 Å². The summed E-state index contributed by atoms with van der Waals surface area (Å²) >= 11 is 3.71. The lowest BCUT2D eigenvalue weighted by Gasteiger charge is -2.05. The minimum atomic E-state index is -0.0324. The fourth-order valence-electron chi connectivity index (χ4n) is 9.96. The van der Waals surface area contributed by atoms with E-state index in [0.29, 0.717) is 26.1 Å². The summed E-state index contributed by atoms with van der Waals surface area (Å²) in [5.41, 5.74) is 0. The molecule has 4 nitrogen and oxygen atoms in total. The van der Waals surface area contributed by atoms with E-state index >= 15 is 0 Å². The standard InChI is InChI=1S/C66H126O4S2/c1-3-5-7-9-11-13-41-45-49-53-61-71-63-55-59-69-65(67)57-51-47-43-39-37-35-33-31-29-27-25-23-21-19-17-15-16-18-20-22-24-26-28-30-32-34-36-38-40-44-48-52-58-66(68)70-60-56-64-72-62-54-50-46-42-14-12-10-8-6-4-2/h55-56,63-64H,3-54,57-62H2,1-2H3/b63-55+,64-56+. The number of unbranched alkanes of at least 4 members (excludes halogenated alkanes) is 49. The molecule has 0 N–H and O–H groups in total. The van der Waals surface area contributed by atoms with Crippen molar-refractivity contribution in [3.63, 3.8) is 0 Å². The van der Waals surface area contributed by atoms with Gasteiger partial charge in [0.1, 0.15) is 13.2 Å². The van der Waals surface area contributed by atoms with Crippen molar-refractivity contribution in [3.05, 3.63) is 23.0 Å². The number of carbonyl (C=O) groups is 2. The van der Waals surface area contributed by atoms with Gasteiger partial charge >= 0.3 is 11.9 Å². The summed E-state index contributed by atoms with van der Waals surface area (Å²) in [6.07, 6.45) is 76.5. The molecule has 0 amide bonds. The quantitative estimate of drug-likeness (QED) is 0.0447. The molecule has 0 fully saturated rings. The molecule has 0 radical (unpaired) electrons. The van der Waals surface area contributed by atoms with Crippen molar-refractivity contribution in [3.8, 4) is 0 Å². The first-order valence-electron chi connectivity index (χ1n) is 32.5. The van der Waals surface area contributed by atoms with Crippen molar-refractivity contribution in [2.24, 2.45) is 0 Å². The van der Waals surface area contributed by atoms with Gasteiger partial charge in [0.05, 0.1) is 0 Å².